The van der Waals surface area contributed by atoms with Gasteiger partial charge in [0.1, 0.15) is 5.41 Å². The smallest absolute Gasteiger partial charge is 0.309 e. The summed E-state index contributed by atoms with van der Waals surface area (Å²) in [6.07, 6.45) is 5.68. The normalized spacial score (nSPS) is 22.4. The molecule has 1 aliphatic carbocycles. The van der Waals surface area contributed by atoms with Gasteiger partial charge in [0.05, 0.1) is 18.6 Å². The molecule has 1 heterocycles. The van der Waals surface area contributed by atoms with Crippen molar-refractivity contribution in [3.63, 3.8) is 0 Å². The van der Waals surface area contributed by atoms with E-state index in [4.69, 9.17) is 4.74 Å². The molecule has 5 nitrogen and oxygen atoms in total. The highest BCUT2D eigenvalue weighted by atomic mass is 16.5. The molecule has 0 aromatic rings. The first-order valence-corrected chi connectivity index (χ1v) is 8.00. The zero-order chi connectivity index (χ0) is 15.3. The molecule has 5 heteroatoms. The number of nitrogens with zero attached hydrogens (tertiary/aromatic N) is 2. The van der Waals surface area contributed by atoms with Crippen molar-refractivity contribution in [2.75, 3.05) is 19.7 Å². The molecule has 0 radical (unpaired) electrons. The highest BCUT2D eigenvalue weighted by Gasteiger charge is 2.43. The molecule has 0 spiro atoms. The highest BCUT2D eigenvalue weighted by molar-refractivity contribution is 5.86. The molecule has 0 atom stereocenters. The van der Waals surface area contributed by atoms with Gasteiger partial charge in [-0.1, -0.05) is 19.3 Å². The van der Waals surface area contributed by atoms with Gasteiger partial charge in [0, 0.05) is 13.1 Å². The Kier molecular flexibility index (Phi) is 5.22. The van der Waals surface area contributed by atoms with Crippen LogP contribution in [0.25, 0.3) is 0 Å². The third-order valence-electron chi connectivity index (χ3n) is 4.73. The Balaban J connectivity index is 1.93. The average Bonchev–Trinajstić information content (AvgIpc) is 2.55. The standard InChI is InChI=1S/C16H24N2O3/c1-2-21-14(19)13-6-10-18(11-7-13)15(20)16(12-17)8-4-3-5-9-16/h13H,2-11H2,1H3. The summed E-state index contributed by atoms with van der Waals surface area (Å²) in [6.45, 7) is 3.32. The molecular weight excluding hydrogens is 268 g/mol. The number of carbonyl (C=O) groups excluding carboxylic acids is 2. The maximum absolute atomic E-state index is 12.7. The number of rotatable bonds is 3. The van der Waals surface area contributed by atoms with Crippen LogP contribution in [0.1, 0.15) is 51.9 Å². The summed E-state index contributed by atoms with van der Waals surface area (Å²) in [4.78, 5) is 26.2. The van der Waals surface area contributed by atoms with Crippen LogP contribution >= 0.6 is 0 Å². The summed E-state index contributed by atoms with van der Waals surface area (Å²) in [6, 6.07) is 2.29. The maximum atomic E-state index is 12.7. The fourth-order valence-corrected chi connectivity index (χ4v) is 3.41. The van der Waals surface area contributed by atoms with Crippen LogP contribution in [0.3, 0.4) is 0 Å². The van der Waals surface area contributed by atoms with Gasteiger partial charge in [0.25, 0.3) is 0 Å². The lowest BCUT2D eigenvalue weighted by atomic mass is 9.74. The molecule has 1 aliphatic heterocycles. The second kappa shape index (κ2) is 6.93. The Morgan fingerprint density at radius 3 is 2.38 bits per heavy atom. The zero-order valence-electron chi connectivity index (χ0n) is 12.8. The van der Waals surface area contributed by atoms with Crippen LogP contribution in [0.2, 0.25) is 0 Å². The number of piperidine rings is 1. The lowest BCUT2D eigenvalue weighted by Crippen LogP contribution is -2.48. The molecule has 0 aromatic carbocycles. The van der Waals surface area contributed by atoms with E-state index in [-0.39, 0.29) is 17.8 Å². The van der Waals surface area contributed by atoms with Crippen LogP contribution < -0.4 is 0 Å². The van der Waals surface area contributed by atoms with Gasteiger partial charge in [-0.25, -0.2) is 0 Å². The maximum Gasteiger partial charge on any atom is 0.309 e. The predicted octanol–water partition coefficient (Wildman–Crippen LogP) is 2.26. The van der Waals surface area contributed by atoms with Gasteiger partial charge in [0.2, 0.25) is 5.91 Å². The van der Waals surface area contributed by atoms with E-state index in [1.54, 1.807) is 11.8 Å². The van der Waals surface area contributed by atoms with Crippen LogP contribution in [0.5, 0.6) is 0 Å². The highest BCUT2D eigenvalue weighted by Crippen LogP contribution is 2.38. The largest absolute Gasteiger partial charge is 0.466 e. The van der Waals surface area contributed by atoms with Crippen molar-refractivity contribution in [2.45, 2.75) is 51.9 Å². The molecule has 1 saturated heterocycles. The number of nitriles is 1. The van der Waals surface area contributed by atoms with E-state index in [0.717, 1.165) is 19.3 Å². The van der Waals surface area contributed by atoms with Gasteiger partial charge in [0.15, 0.2) is 0 Å². The number of hydrogen-bond donors (Lipinski definition) is 0. The SMILES string of the molecule is CCOC(=O)C1CCN(C(=O)C2(C#N)CCCCC2)CC1. The van der Waals surface area contributed by atoms with Crippen LogP contribution in [0, 0.1) is 22.7 Å². The summed E-state index contributed by atoms with van der Waals surface area (Å²) < 4.78 is 5.04. The Hall–Kier alpha value is -1.57. The minimum atomic E-state index is -0.811. The number of carbonyl (C=O) groups is 2. The first-order chi connectivity index (χ1) is 10.1. The number of esters is 1. The van der Waals surface area contributed by atoms with Gasteiger partial charge in [-0.3, -0.25) is 9.59 Å². The molecule has 2 fully saturated rings. The lowest BCUT2D eigenvalue weighted by molar-refractivity contribution is -0.152. The second-order valence-electron chi connectivity index (χ2n) is 6.07. The molecule has 0 bridgehead atoms. The summed E-state index contributed by atoms with van der Waals surface area (Å²) in [5.74, 6) is -0.275. The molecule has 2 aliphatic rings. The predicted molar refractivity (Wildman–Crippen MR) is 77.1 cm³/mol. The Labute approximate surface area is 126 Å². The molecule has 1 saturated carbocycles. The van der Waals surface area contributed by atoms with Crippen LogP contribution in [-0.4, -0.2) is 36.5 Å². The Morgan fingerprint density at radius 2 is 1.86 bits per heavy atom. The third-order valence-corrected chi connectivity index (χ3v) is 4.73. The van der Waals surface area contributed by atoms with E-state index < -0.39 is 5.41 Å². The van der Waals surface area contributed by atoms with E-state index >= 15 is 0 Å². The van der Waals surface area contributed by atoms with E-state index in [9.17, 15) is 14.9 Å². The van der Waals surface area contributed by atoms with E-state index in [1.807, 2.05) is 0 Å². The Bertz CT molecular complexity index is 427. The molecule has 0 unspecified atom stereocenters. The number of hydrogen-bond acceptors (Lipinski definition) is 4. The third kappa shape index (κ3) is 3.37. The average molecular weight is 292 g/mol. The van der Waals surface area contributed by atoms with E-state index in [0.29, 0.717) is 45.4 Å². The van der Waals surface area contributed by atoms with Crippen molar-refractivity contribution < 1.29 is 14.3 Å². The fraction of sp³-hybridized carbons (Fsp3) is 0.812. The monoisotopic (exact) mass is 292 g/mol. The first-order valence-electron chi connectivity index (χ1n) is 8.00. The van der Waals surface area contributed by atoms with Crippen molar-refractivity contribution in [3.8, 4) is 6.07 Å². The molecule has 2 rings (SSSR count). The molecule has 21 heavy (non-hydrogen) atoms. The van der Waals surface area contributed by atoms with Crippen LogP contribution in [0.15, 0.2) is 0 Å². The van der Waals surface area contributed by atoms with Gasteiger partial charge in [-0.2, -0.15) is 5.26 Å². The molecule has 116 valence electrons. The second-order valence-corrected chi connectivity index (χ2v) is 6.07. The van der Waals surface area contributed by atoms with Crippen molar-refractivity contribution in [3.05, 3.63) is 0 Å². The number of likely N-dealkylation sites (tertiary alicyclic amines) is 1. The van der Waals surface area contributed by atoms with Crippen molar-refractivity contribution in [1.82, 2.24) is 4.90 Å². The number of amides is 1. The van der Waals surface area contributed by atoms with Gasteiger partial charge in [-0.05, 0) is 32.6 Å². The summed E-state index contributed by atoms with van der Waals surface area (Å²) in [5.41, 5.74) is -0.811. The molecule has 1 amide bonds. The minimum absolute atomic E-state index is 0.0213. The van der Waals surface area contributed by atoms with Crippen LogP contribution in [0.4, 0.5) is 0 Å². The Morgan fingerprint density at radius 1 is 1.24 bits per heavy atom. The quantitative estimate of drug-likeness (QED) is 0.748. The van der Waals surface area contributed by atoms with Crippen molar-refractivity contribution >= 4 is 11.9 Å². The van der Waals surface area contributed by atoms with Crippen LogP contribution in [-0.2, 0) is 14.3 Å². The summed E-state index contributed by atoms with van der Waals surface area (Å²) >= 11 is 0. The topological polar surface area (TPSA) is 70.4 Å². The van der Waals surface area contributed by atoms with Crippen molar-refractivity contribution in [1.29, 1.82) is 5.26 Å². The summed E-state index contributed by atoms with van der Waals surface area (Å²) in [5, 5.41) is 9.48. The first kappa shape index (κ1) is 15.8. The van der Waals surface area contributed by atoms with Gasteiger partial charge in [-0.15, -0.1) is 0 Å². The molecular formula is C16H24N2O3. The number of ether oxygens (including phenoxy) is 1. The summed E-state index contributed by atoms with van der Waals surface area (Å²) in [7, 11) is 0. The fourth-order valence-electron chi connectivity index (χ4n) is 3.41. The minimum Gasteiger partial charge on any atom is -0.466 e. The lowest BCUT2D eigenvalue weighted by Gasteiger charge is -2.38. The van der Waals surface area contributed by atoms with E-state index in [2.05, 4.69) is 6.07 Å². The van der Waals surface area contributed by atoms with E-state index in [1.165, 1.54) is 0 Å². The van der Waals surface area contributed by atoms with Gasteiger partial charge < -0.3 is 9.64 Å². The van der Waals surface area contributed by atoms with Crippen molar-refractivity contribution in [2.24, 2.45) is 11.3 Å². The zero-order valence-corrected chi connectivity index (χ0v) is 12.8. The molecule has 0 aromatic heterocycles. The van der Waals surface area contributed by atoms with Gasteiger partial charge >= 0.3 is 5.97 Å². The molecule has 0 N–H and O–H groups in total.